The first-order valence-electron chi connectivity index (χ1n) is 10.8. The van der Waals surface area contributed by atoms with E-state index in [4.69, 9.17) is 24.2 Å². The van der Waals surface area contributed by atoms with Crippen LogP contribution in [0.5, 0.6) is 11.5 Å². The van der Waals surface area contributed by atoms with Gasteiger partial charge in [-0.1, -0.05) is 29.4 Å². The van der Waals surface area contributed by atoms with Crippen molar-refractivity contribution in [3.63, 3.8) is 0 Å². The fraction of sp³-hybridized carbons (Fsp3) is 0.400. The zero-order chi connectivity index (χ0) is 25.3. The van der Waals surface area contributed by atoms with Crippen LogP contribution in [-0.4, -0.2) is 56.0 Å². The molecular weight excluding hydrogens is 440 g/mol. The number of rotatable bonds is 9. The molecule has 0 saturated carbocycles. The molecule has 0 unspecified atom stereocenters. The van der Waals surface area contributed by atoms with Gasteiger partial charge in [0.2, 0.25) is 0 Å². The molecule has 2 aromatic rings. The molecular formula is C25H32N2O7. The lowest BCUT2D eigenvalue weighted by Crippen LogP contribution is -2.45. The molecule has 184 valence electrons. The lowest BCUT2D eigenvalue weighted by Gasteiger charge is -2.23. The van der Waals surface area contributed by atoms with Gasteiger partial charge in [-0.3, -0.25) is 0 Å². The summed E-state index contributed by atoms with van der Waals surface area (Å²) in [6, 6.07) is 9.98. The summed E-state index contributed by atoms with van der Waals surface area (Å²) in [4.78, 5) is 24.7. The van der Waals surface area contributed by atoms with Gasteiger partial charge in [0.15, 0.2) is 0 Å². The number of esters is 1. The molecule has 0 fully saturated rings. The van der Waals surface area contributed by atoms with Gasteiger partial charge in [0, 0.05) is 12.0 Å². The number of methoxy groups -OCH3 is 2. The Balaban J connectivity index is 2.31. The fourth-order valence-electron chi connectivity index (χ4n) is 3.29. The summed E-state index contributed by atoms with van der Waals surface area (Å²) >= 11 is 0. The SMILES string of the molecule is CCOC(=O)[C@H](Cc1ccc(-c2c(OC)cc(C=NO)cc2OC)cc1)NC(=O)OC(C)(C)C. The second kappa shape index (κ2) is 11.9. The highest BCUT2D eigenvalue weighted by molar-refractivity contribution is 5.86. The molecule has 9 heteroatoms. The van der Waals surface area contributed by atoms with Gasteiger partial charge < -0.3 is 29.5 Å². The first-order chi connectivity index (χ1) is 16.1. The molecule has 0 saturated heterocycles. The van der Waals surface area contributed by atoms with Crippen molar-refractivity contribution in [2.45, 2.75) is 45.8 Å². The summed E-state index contributed by atoms with van der Waals surface area (Å²) in [5.74, 6) is 0.540. The molecule has 1 atom stereocenters. The van der Waals surface area contributed by atoms with Crippen LogP contribution < -0.4 is 14.8 Å². The van der Waals surface area contributed by atoms with Crippen LogP contribution in [0.1, 0.15) is 38.8 Å². The Labute approximate surface area is 199 Å². The van der Waals surface area contributed by atoms with E-state index in [0.717, 1.165) is 16.7 Å². The van der Waals surface area contributed by atoms with Gasteiger partial charge in [0.1, 0.15) is 23.1 Å². The predicted octanol–water partition coefficient (Wildman–Crippen LogP) is 4.18. The van der Waals surface area contributed by atoms with Crippen LogP contribution in [0.25, 0.3) is 11.1 Å². The van der Waals surface area contributed by atoms with Crippen LogP contribution in [0.15, 0.2) is 41.6 Å². The number of alkyl carbamates (subject to hydrolysis) is 1. The summed E-state index contributed by atoms with van der Waals surface area (Å²) in [5, 5.41) is 14.5. The quantitative estimate of drug-likeness (QED) is 0.243. The van der Waals surface area contributed by atoms with E-state index >= 15 is 0 Å². The van der Waals surface area contributed by atoms with E-state index in [0.29, 0.717) is 17.1 Å². The lowest BCUT2D eigenvalue weighted by atomic mass is 9.98. The van der Waals surface area contributed by atoms with Gasteiger partial charge in [0.25, 0.3) is 0 Å². The van der Waals surface area contributed by atoms with Gasteiger partial charge in [0.05, 0.1) is 32.6 Å². The van der Waals surface area contributed by atoms with E-state index in [2.05, 4.69) is 10.5 Å². The van der Waals surface area contributed by atoms with Crippen molar-refractivity contribution in [1.29, 1.82) is 0 Å². The third kappa shape index (κ3) is 7.40. The highest BCUT2D eigenvalue weighted by Gasteiger charge is 2.26. The summed E-state index contributed by atoms with van der Waals surface area (Å²) in [6.07, 6.45) is 0.812. The standard InChI is InChI=1S/C25H32N2O7/c1-7-33-23(28)19(27-24(29)34-25(2,3)4)12-16-8-10-18(11-9-16)22-20(31-5)13-17(15-26-30)14-21(22)32-6/h8-11,13-15,19,30H,7,12H2,1-6H3,(H,27,29)/t19-/m0/s1. The maximum atomic E-state index is 12.4. The topological polar surface area (TPSA) is 116 Å². The number of ether oxygens (including phenoxy) is 4. The predicted molar refractivity (Wildman–Crippen MR) is 128 cm³/mol. The molecule has 0 aliphatic heterocycles. The molecule has 0 aliphatic carbocycles. The maximum Gasteiger partial charge on any atom is 0.408 e. The van der Waals surface area contributed by atoms with Crippen molar-refractivity contribution in [1.82, 2.24) is 5.32 Å². The minimum absolute atomic E-state index is 0.195. The summed E-state index contributed by atoms with van der Waals surface area (Å²) < 4.78 is 21.4. The molecule has 0 spiro atoms. The van der Waals surface area contributed by atoms with Crippen molar-refractivity contribution in [3.8, 4) is 22.6 Å². The van der Waals surface area contributed by atoms with Crippen LogP contribution in [0.4, 0.5) is 4.79 Å². The third-order valence-corrected chi connectivity index (χ3v) is 4.68. The van der Waals surface area contributed by atoms with E-state index in [1.807, 2.05) is 24.3 Å². The number of nitrogens with one attached hydrogen (secondary N) is 1. The van der Waals surface area contributed by atoms with Crippen LogP contribution in [0.2, 0.25) is 0 Å². The fourth-order valence-corrected chi connectivity index (χ4v) is 3.29. The van der Waals surface area contributed by atoms with Gasteiger partial charge in [-0.2, -0.15) is 0 Å². The lowest BCUT2D eigenvalue weighted by molar-refractivity contribution is -0.145. The Morgan fingerprint density at radius 2 is 1.68 bits per heavy atom. The second-order valence-electron chi connectivity index (χ2n) is 8.40. The van der Waals surface area contributed by atoms with Crippen LogP contribution in [-0.2, 0) is 20.7 Å². The minimum Gasteiger partial charge on any atom is -0.496 e. The molecule has 0 aliphatic rings. The highest BCUT2D eigenvalue weighted by atomic mass is 16.6. The molecule has 2 rings (SSSR count). The molecule has 0 aromatic heterocycles. The Bertz CT molecular complexity index is 986. The smallest absolute Gasteiger partial charge is 0.408 e. The van der Waals surface area contributed by atoms with Crippen molar-refractivity contribution >= 4 is 18.3 Å². The number of carbonyl (C=O) groups is 2. The Morgan fingerprint density at radius 1 is 1.09 bits per heavy atom. The summed E-state index contributed by atoms with van der Waals surface area (Å²) in [5.41, 5.74) is 2.27. The number of hydrogen-bond acceptors (Lipinski definition) is 8. The number of carbonyl (C=O) groups excluding carboxylic acids is 2. The molecule has 34 heavy (non-hydrogen) atoms. The first-order valence-corrected chi connectivity index (χ1v) is 10.8. The monoisotopic (exact) mass is 472 g/mol. The Hall–Kier alpha value is -3.75. The highest BCUT2D eigenvalue weighted by Crippen LogP contribution is 2.39. The van der Waals surface area contributed by atoms with E-state index in [9.17, 15) is 9.59 Å². The average molecular weight is 473 g/mol. The molecule has 2 aromatic carbocycles. The van der Waals surface area contributed by atoms with Crippen LogP contribution in [0.3, 0.4) is 0 Å². The molecule has 2 N–H and O–H groups in total. The second-order valence-corrected chi connectivity index (χ2v) is 8.40. The minimum atomic E-state index is -0.901. The molecule has 0 radical (unpaired) electrons. The van der Waals surface area contributed by atoms with Crippen LogP contribution in [0, 0.1) is 0 Å². The number of amides is 1. The molecule has 9 nitrogen and oxygen atoms in total. The zero-order valence-electron chi connectivity index (χ0n) is 20.4. The zero-order valence-corrected chi connectivity index (χ0v) is 20.4. The van der Waals surface area contributed by atoms with E-state index in [1.54, 1.807) is 54.0 Å². The van der Waals surface area contributed by atoms with Gasteiger partial charge in [-0.15, -0.1) is 0 Å². The number of benzene rings is 2. The number of hydrogen-bond donors (Lipinski definition) is 2. The maximum absolute atomic E-state index is 12.4. The first kappa shape index (κ1) is 26.5. The van der Waals surface area contributed by atoms with Crippen molar-refractivity contribution in [3.05, 3.63) is 47.5 Å². The van der Waals surface area contributed by atoms with Crippen molar-refractivity contribution in [2.24, 2.45) is 5.16 Å². The van der Waals surface area contributed by atoms with Gasteiger partial charge in [-0.05, 0) is 51.0 Å². The van der Waals surface area contributed by atoms with Crippen molar-refractivity contribution in [2.75, 3.05) is 20.8 Å². The summed E-state index contributed by atoms with van der Waals surface area (Å²) in [6.45, 7) is 7.14. The number of nitrogens with zero attached hydrogens (tertiary/aromatic N) is 1. The molecule has 1 amide bonds. The largest absolute Gasteiger partial charge is 0.496 e. The van der Waals surface area contributed by atoms with E-state index in [1.165, 1.54) is 6.21 Å². The number of oxime groups is 1. The Kier molecular flexibility index (Phi) is 9.29. The van der Waals surface area contributed by atoms with Crippen LogP contribution >= 0.6 is 0 Å². The molecule has 0 heterocycles. The van der Waals surface area contributed by atoms with Gasteiger partial charge in [-0.25, -0.2) is 9.59 Å². The van der Waals surface area contributed by atoms with E-state index in [-0.39, 0.29) is 13.0 Å². The Morgan fingerprint density at radius 3 is 2.15 bits per heavy atom. The van der Waals surface area contributed by atoms with E-state index < -0.39 is 23.7 Å². The summed E-state index contributed by atoms with van der Waals surface area (Å²) in [7, 11) is 3.08. The third-order valence-electron chi connectivity index (χ3n) is 4.68. The average Bonchev–Trinajstić information content (AvgIpc) is 2.77. The normalized spacial score (nSPS) is 12.2. The van der Waals surface area contributed by atoms with Gasteiger partial charge >= 0.3 is 12.1 Å². The molecule has 0 bridgehead atoms. The van der Waals surface area contributed by atoms with Crippen molar-refractivity contribution < 1.29 is 33.7 Å².